The Balaban J connectivity index is 1.44. The van der Waals surface area contributed by atoms with Gasteiger partial charge in [0.15, 0.2) is 0 Å². The molecule has 1 aliphatic rings. The summed E-state index contributed by atoms with van der Waals surface area (Å²) in [5, 5.41) is 5.97. The number of carbonyl (C=O) groups is 1. The molecule has 1 N–H and O–H groups in total. The predicted molar refractivity (Wildman–Crippen MR) is 125 cm³/mol. The van der Waals surface area contributed by atoms with Crippen molar-refractivity contribution in [1.29, 1.82) is 0 Å². The van der Waals surface area contributed by atoms with Crippen molar-refractivity contribution in [2.24, 2.45) is 5.92 Å². The average Bonchev–Trinajstić information content (AvgIpc) is 3.26. The van der Waals surface area contributed by atoms with Gasteiger partial charge in [0.05, 0.1) is 21.7 Å². The first kappa shape index (κ1) is 23.6. The zero-order valence-corrected chi connectivity index (χ0v) is 19.6. The molecule has 0 aliphatic carbocycles. The van der Waals surface area contributed by atoms with E-state index < -0.39 is 17.8 Å². The van der Waals surface area contributed by atoms with E-state index in [0.29, 0.717) is 31.9 Å². The monoisotopic (exact) mass is 497 g/mol. The van der Waals surface area contributed by atoms with Gasteiger partial charge < -0.3 is 15.1 Å². The second kappa shape index (κ2) is 9.34. The highest BCUT2D eigenvalue weighted by molar-refractivity contribution is 7.16. The smallest absolute Gasteiger partial charge is 0.372 e. The van der Waals surface area contributed by atoms with E-state index in [1.807, 2.05) is 25.3 Å². The fourth-order valence-corrected chi connectivity index (χ4v) is 4.82. The lowest BCUT2D eigenvalue weighted by Gasteiger charge is -2.38. The summed E-state index contributed by atoms with van der Waals surface area (Å²) >= 11 is 7.65. The zero-order valence-electron chi connectivity index (χ0n) is 18.1. The van der Waals surface area contributed by atoms with E-state index >= 15 is 0 Å². The number of nitrogens with one attached hydrogen (secondary N) is 1. The van der Waals surface area contributed by atoms with Crippen LogP contribution >= 0.6 is 22.9 Å². The van der Waals surface area contributed by atoms with Crippen LogP contribution in [0.1, 0.15) is 19.4 Å². The summed E-state index contributed by atoms with van der Waals surface area (Å²) in [6.07, 6.45) is -2.93. The molecule has 33 heavy (non-hydrogen) atoms. The van der Waals surface area contributed by atoms with Gasteiger partial charge in [-0.2, -0.15) is 13.2 Å². The third kappa shape index (κ3) is 5.01. The van der Waals surface area contributed by atoms with Gasteiger partial charge in [-0.25, -0.2) is 9.97 Å². The molecule has 11 heteroatoms. The molecule has 0 radical (unpaired) electrons. The summed E-state index contributed by atoms with van der Waals surface area (Å²) in [6.45, 7) is 6.05. The summed E-state index contributed by atoms with van der Waals surface area (Å²) in [4.78, 5) is 26.9. The molecule has 1 saturated heterocycles. The summed E-state index contributed by atoms with van der Waals surface area (Å²) < 4.78 is 38.8. The van der Waals surface area contributed by atoms with Crippen LogP contribution < -0.4 is 10.2 Å². The van der Waals surface area contributed by atoms with E-state index in [0.717, 1.165) is 28.2 Å². The first-order valence-corrected chi connectivity index (χ1v) is 11.8. The number of carbonyl (C=O) groups excluding carboxylic acids is 1. The lowest BCUT2D eigenvalue weighted by Crippen LogP contribution is -2.54. The zero-order chi connectivity index (χ0) is 23.8. The highest BCUT2D eigenvalue weighted by atomic mass is 35.5. The SMILES string of the molecule is CC(C)C(Nc1ccc(C(F)(F)F)cc1Cl)C(=O)N1CCN(c2ncnc3sccc23)CC1. The molecule has 1 unspecified atom stereocenters. The largest absolute Gasteiger partial charge is 0.416 e. The molecule has 1 amide bonds. The van der Waals surface area contributed by atoms with Gasteiger partial charge in [0.25, 0.3) is 0 Å². The third-order valence-corrected chi connectivity index (χ3v) is 6.81. The molecular formula is C22H23ClF3N5OS. The molecule has 0 saturated carbocycles. The third-order valence-electron chi connectivity index (χ3n) is 5.67. The van der Waals surface area contributed by atoms with E-state index in [1.165, 1.54) is 6.07 Å². The number of aromatic nitrogens is 2. The first-order valence-electron chi connectivity index (χ1n) is 10.5. The number of benzene rings is 1. The summed E-state index contributed by atoms with van der Waals surface area (Å²) in [5.41, 5.74) is -0.526. The van der Waals surface area contributed by atoms with Crippen LogP contribution in [0.5, 0.6) is 0 Å². The van der Waals surface area contributed by atoms with Crippen molar-refractivity contribution in [2.45, 2.75) is 26.1 Å². The van der Waals surface area contributed by atoms with Crippen molar-refractivity contribution in [3.63, 3.8) is 0 Å². The molecule has 4 rings (SSSR count). The van der Waals surface area contributed by atoms with Crippen LogP contribution in [0.3, 0.4) is 0 Å². The van der Waals surface area contributed by atoms with Gasteiger partial charge in [-0.05, 0) is 35.6 Å². The summed E-state index contributed by atoms with van der Waals surface area (Å²) in [6, 6.07) is 4.49. The molecule has 176 valence electrons. The average molecular weight is 498 g/mol. The van der Waals surface area contributed by atoms with E-state index in [2.05, 4.69) is 20.2 Å². The molecule has 1 aromatic carbocycles. The van der Waals surface area contributed by atoms with Crippen LogP contribution in [-0.4, -0.2) is 53.0 Å². The summed E-state index contributed by atoms with van der Waals surface area (Å²) in [5.74, 6) is 0.661. The number of alkyl halides is 3. The van der Waals surface area contributed by atoms with Crippen molar-refractivity contribution in [3.8, 4) is 0 Å². The van der Waals surface area contributed by atoms with Crippen LogP contribution in [-0.2, 0) is 11.0 Å². The second-order valence-electron chi connectivity index (χ2n) is 8.21. The van der Waals surface area contributed by atoms with Crippen molar-refractivity contribution in [2.75, 3.05) is 36.4 Å². The normalized spacial score (nSPS) is 15.8. The van der Waals surface area contributed by atoms with E-state index in [9.17, 15) is 18.0 Å². The summed E-state index contributed by atoms with van der Waals surface area (Å²) in [7, 11) is 0. The number of hydrogen-bond acceptors (Lipinski definition) is 6. The lowest BCUT2D eigenvalue weighted by molar-refractivity contribution is -0.137. The Bertz CT molecular complexity index is 1140. The first-order chi connectivity index (χ1) is 15.6. The Hall–Kier alpha value is -2.59. The maximum absolute atomic E-state index is 13.3. The number of nitrogens with zero attached hydrogens (tertiary/aromatic N) is 4. The van der Waals surface area contributed by atoms with Gasteiger partial charge in [0.1, 0.15) is 23.0 Å². The fraction of sp³-hybridized carbons (Fsp3) is 0.409. The van der Waals surface area contributed by atoms with E-state index in [1.54, 1.807) is 22.6 Å². The van der Waals surface area contributed by atoms with Gasteiger partial charge in [0, 0.05) is 26.2 Å². The van der Waals surface area contributed by atoms with Crippen LogP contribution in [0.4, 0.5) is 24.7 Å². The Labute approximate surface area is 198 Å². The van der Waals surface area contributed by atoms with Crippen LogP contribution in [0.2, 0.25) is 5.02 Å². The van der Waals surface area contributed by atoms with Crippen molar-refractivity contribution in [3.05, 3.63) is 46.6 Å². The minimum Gasteiger partial charge on any atom is -0.372 e. The number of halogens is 4. The minimum absolute atomic E-state index is 0.0726. The second-order valence-corrected chi connectivity index (χ2v) is 9.51. The quantitative estimate of drug-likeness (QED) is 0.528. The Morgan fingerprint density at radius 2 is 1.88 bits per heavy atom. The van der Waals surface area contributed by atoms with Gasteiger partial charge in [-0.3, -0.25) is 4.79 Å². The molecule has 3 aromatic rings. The molecule has 0 bridgehead atoms. The number of piperazine rings is 1. The van der Waals surface area contributed by atoms with E-state index in [-0.39, 0.29) is 16.8 Å². The van der Waals surface area contributed by atoms with Crippen LogP contribution in [0.25, 0.3) is 10.2 Å². The lowest BCUT2D eigenvalue weighted by atomic mass is 10.0. The van der Waals surface area contributed by atoms with Gasteiger partial charge in [0.2, 0.25) is 5.91 Å². The molecular weight excluding hydrogens is 475 g/mol. The maximum atomic E-state index is 13.3. The number of hydrogen-bond donors (Lipinski definition) is 1. The highest BCUT2D eigenvalue weighted by Gasteiger charge is 2.33. The van der Waals surface area contributed by atoms with Crippen molar-refractivity contribution in [1.82, 2.24) is 14.9 Å². The predicted octanol–water partition coefficient (Wildman–Crippen LogP) is 5.15. The highest BCUT2D eigenvalue weighted by Crippen LogP contribution is 2.34. The standard InChI is InChI=1S/C22H23ClF3N5OS/c1-13(2)18(29-17-4-3-14(11-16(17)23)22(24,25)26)21(32)31-8-6-30(7-9-31)19-15-5-10-33-20(15)28-12-27-19/h3-5,10-13,18,29H,6-9H2,1-2H3. The van der Waals surface area contributed by atoms with Crippen LogP contribution in [0, 0.1) is 5.92 Å². The van der Waals surface area contributed by atoms with Crippen molar-refractivity contribution < 1.29 is 18.0 Å². The molecule has 1 fully saturated rings. The molecule has 6 nitrogen and oxygen atoms in total. The fourth-order valence-electron chi connectivity index (χ4n) is 3.85. The number of fused-ring (bicyclic) bond motifs is 1. The Morgan fingerprint density at radius 1 is 1.15 bits per heavy atom. The van der Waals surface area contributed by atoms with Gasteiger partial charge in [-0.15, -0.1) is 11.3 Å². The minimum atomic E-state index is -4.48. The van der Waals surface area contributed by atoms with Crippen LogP contribution in [0.15, 0.2) is 36.0 Å². The molecule has 1 atom stereocenters. The van der Waals surface area contributed by atoms with E-state index in [4.69, 9.17) is 11.6 Å². The molecule has 2 aromatic heterocycles. The molecule has 1 aliphatic heterocycles. The Kier molecular flexibility index (Phi) is 6.67. The van der Waals surface area contributed by atoms with Crippen molar-refractivity contribution >= 4 is 50.6 Å². The maximum Gasteiger partial charge on any atom is 0.416 e. The number of anilines is 2. The number of rotatable bonds is 5. The Morgan fingerprint density at radius 3 is 2.52 bits per heavy atom. The number of thiophene rings is 1. The number of amides is 1. The topological polar surface area (TPSA) is 61.4 Å². The van der Waals surface area contributed by atoms with Gasteiger partial charge >= 0.3 is 6.18 Å². The van der Waals surface area contributed by atoms with Gasteiger partial charge in [-0.1, -0.05) is 25.4 Å². The molecule has 3 heterocycles. The molecule has 0 spiro atoms.